The van der Waals surface area contributed by atoms with Crippen LogP contribution < -0.4 is 4.31 Å². The van der Waals surface area contributed by atoms with E-state index < -0.39 is 27.9 Å². The maximum Gasteiger partial charge on any atom is 0.327 e. The topological polar surface area (TPSA) is 74.7 Å². The normalized spacial score (nSPS) is 12.6. The summed E-state index contributed by atoms with van der Waals surface area (Å²) in [4.78, 5) is 11.7. The van der Waals surface area contributed by atoms with Crippen LogP contribution in [0.25, 0.3) is 0 Å². The van der Waals surface area contributed by atoms with Gasteiger partial charge in [-0.2, -0.15) is 0 Å². The fourth-order valence-electron chi connectivity index (χ4n) is 2.30. The van der Waals surface area contributed by atoms with Gasteiger partial charge in [0.15, 0.2) is 0 Å². The Hall–Kier alpha value is -1.68. The van der Waals surface area contributed by atoms with E-state index in [9.17, 15) is 22.7 Å². The molecule has 0 amide bonds. The Kier molecular flexibility index (Phi) is 5.81. The van der Waals surface area contributed by atoms with Gasteiger partial charge in [-0.15, -0.1) is 0 Å². The first kappa shape index (κ1) is 18.7. The molecule has 0 saturated heterocycles. The first-order valence-corrected chi connectivity index (χ1v) is 9.83. The molecule has 128 valence electrons. The maximum atomic E-state index is 13.1. The third-order valence-electron chi connectivity index (χ3n) is 3.35. The first-order valence-electron chi connectivity index (χ1n) is 6.90. The van der Waals surface area contributed by atoms with Crippen molar-refractivity contribution < 1.29 is 22.7 Å². The van der Waals surface area contributed by atoms with Crippen LogP contribution in [0.15, 0.2) is 48.5 Å². The van der Waals surface area contributed by atoms with E-state index in [2.05, 4.69) is 22.6 Å². The molecule has 0 radical (unpaired) electrons. The molecule has 0 aliphatic carbocycles. The van der Waals surface area contributed by atoms with Crippen molar-refractivity contribution in [2.75, 3.05) is 10.6 Å². The zero-order chi connectivity index (χ0) is 17.9. The van der Waals surface area contributed by atoms with Crippen LogP contribution in [0.4, 0.5) is 10.1 Å². The van der Waals surface area contributed by atoms with Crippen LogP contribution in [-0.4, -0.2) is 31.8 Å². The number of hydrogen-bond acceptors (Lipinski definition) is 3. The molecule has 0 saturated carbocycles. The summed E-state index contributed by atoms with van der Waals surface area (Å²) in [6, 6.07) is 10.5. The smallest absolute Gasteiger partial charge is 0.327 e. The van der Waals surface area contributed by atoms with Gasteiger partial charge in [0.1, 0.15) is 11.9 Å². The van der Waals surface area contributed by atoms with E-state index in [0.717, 1.165) is 26.3 Å². The van der Waals surface area contributed by atoms with E-state index in [0.29, 0.717) is 5.56 Å². The molecule has 1 atom stereocenters. The molecule has 0 fully saturated rings. The van der Waals surface area contributed by atoms with Gasteiger partial charge in [-0.05, 0) is 64.6 Å². The summed E-state index contributed by atoms with van der Waals surface area (Å²) >= 11 is 2.12. The van der Waals surface area contributed by atoms with Crippen LogP contribution in [0.1, 0.15) is 5.56 Å². The minimum Gasteiger partial charge on any atom is -0.480 e. The summed E-state index contributed by atoms with van der Waals surface area (Å²) in [5.41, 5.74) is 0.801. The van der Waals surface area contributed by atoms with Gasteiger partial charge < -0.3 is 5.11 Å². The zero-order valence-electron chi connectivity index (χ0n) is 12.7. The molecule has 0 aliphatic heterocycles. The molecular weight excluding hydrogens is 448 g/mol. The van der Waals surface area contributed by atoms with E-state index in [1.54, 1.807) is 12.1 Å². The van der Waals surface area contributed by atoms with Gasteiger partial charge in [0.05, 0.1) is 11.9 Å². The van der Waals surface area contributed by atoms with Crippen LogP contribution in [0.2, 0.25) is 0 Å². The largest absolute Gasteiger partial charge is 0.480 e. The summed E-state index contributed by atoms with van der Waals surface area (Å²) in [5.74, 6) is -1.81. The molecule has 5 nitrogen and oxygen atoms in total. The highest BCUT2D eigenvalue weighted by molar-refractivity contribution is 14.1. The molecule has 1 N–H and O–H groups in total. The number of carboxylic acids is 1. The molecule has 2 aromatic rings. The molecule has 2 rings (SSSR count). The third kappa shape index (κ3) is 4.67. The fraction of sp³-hybridized carbons (Fsp3) is 0.188. The van der Waals surface area contributed by atoms with Crippen LogP contribution in [0.5, 0.6) is 0 Å². The summed E-state index contributed by atoms with van der Waals surface area (Å²) in [5, 5.41) is 9.56. The number of aliphatic carboxylic acids is 1. The second-order valence-electron chi connectivity index (χ2n) is 5.22. The second-order valence-corrected chi connectivity index (χ2v) is 8.32. The number of nitrogens with zero attached hydrogens (tertiary/aromatic N) is 1. The lowest BCUT2D eigenvalue weighted by Crippen LogP contribution is -2.46. The van der Waals surface area contributed by atoms with Crippen molar-refractivity contribution in [1.29, 1.82) is 0 Å². The minimum atomic E-state index is -3.87. The lowest BCUT2D eigenvalue weighted by Gasteiger charge is -2.29. The van der Waals surface area contributed by atoms with E-state index in [1.165, 1.54) is 12.1 Å². The molecule has 2 aromatic carbocycles. The van der Waals surface area contributed by atoms with E-state index in [4.69, 9.17) is 0 Å². The average Bonchev–Trinajstić information content (AvgIpc) is 2.49. The van der Waals surface area contributed by atoms with Crippen LogP contribution >= 0.6 is 22.6 Å². The van der Waals surface area contributed by atoms with Crippen molar-refractivity contribution in [3.8, 4) is 0 Å². The van der Waals surface area contributed by atoms with Gasteiger partial charge in [-0.3, -0.25) is 4.31 Å². The van der Waals surface area contributed by atoms with Crippen molar-refractivity contribution in [2.24, 2.45) is 0 Å². The van der Waals surface area contributed by atoms with Crippen LogP contribution in [-0.2, 0) is 21.2 Å². The van der Waals surface area contributed by atoms with Gasteiger partial charge in [0.2, 0.25) is 10.0 Å². The van der Waals surface area contributed by atoms with Crippen molar-refractivity contribution >= 4 is 44.3 Å². The molecule has 0 aromatic heterocycles. The molecule has 0 spiro atoms. The summed E-state index contributed by atoms with van der Waals surface area (Å²) in [6.07, 6.45) is 0.928. The standard InChI is InChI=1S/C16H15FINO4S/c1-24(22,23)19(14-8-4-12(17)5-9-14)15(16(20)21)10-11-2-6-13(18)7-3-11/h2-9,15H,10H2,1H3,(H,20,21). The second kappa shape index (κ2) is 7.47. The highest BCUT2D eigenvalue weighted by Gasteiger charge is 2.32. The van der Waals surface area contributed by atoms with Crippen LogP contribution in [0, 0.1) is 9.39 Å². The number of sulfonamides is 1. The number of benzene rings is 2. The monoisotopic (exact) mass is 463 g/mol. The number of halogens is 2. The van der Waals surface area contributed by atoms with Gasteiger partial charge >= 0.3 is 5.97 Å². The van der Waals surface area contributed by atoms with Gasteiger partial charge in [-0.1, -0.05) is 12.1 Å². The van der Waals surface area contributed by atoms with Crippen molar-refractivity contribution in [3.63, 3.8) is 0 Å². The maximum absolute atomic E-state index is 13.1. The molecule has 0 aliphatic rings. The van der Waals surface area contributed by atoms with E-state index in [-0.39, 0.29) is 12.1 Å². The van der Waals surface area contributed by atoms with E-state index in [1.807, 2.05) is 12.1 Å². The van der Waals surface area contributed by atoms with Gasteiger partial charge in [-0.25, -0.2) is 17.6 Å². The number of anilines is 1. The molecule has 24 heavy (non-hydrogen) atoms. The lowest BCUT2D eigenvalue weighted by molar-refractivity contribution is -0.138. The number of rotatable bonds is 6. The quantitative estimate of drug-likeness (QED) is 0.669. The van der Waals surface area contributed by atoms with Crippen molar-refractivity contribution in [1.82, 2.24) is 0 Å². The minimum absolute atomic E-state index is 0.00327. The highest BCUT2D eigenvalue weighted by atomic mass is 127. The highest BCUT2D eigenvalue weighted by Crippen LogP contribution is 2.23. The Morgan fingerprint density at radius 1 is 1.17 bits per heavy atom. The van der Waals surface area contributed by atoms with Crippen molar-refractivity contribution in [3.05, 3.63) is 63.5 Å². The van der Waals surface area contributed by atoms with Gasteiger partial charge in [0, 0.05) is 9.99 Å². The Labute approximate surface area is 153 Å². The zero-order valence-corrected chi connectivity index (χ0v) is 15.7. The number of carboxylic acid groups (broad SMARTS) is 1. The van der Waals surface area contributed by atoms with Crippen LogP contribution in [0.3, 0.4) is 0 Å². The summed E-state index contributed by atoms with van der Waals surface area (Å²) < 4.78 is 39.3. The SMILES string of the molecule is CS(=O)(=O)N(c1ccc(F)cc1)C(Cc1ccc(I)cc1)C(=O)O. The molecule has 0 bridgehead atoms. The van der Waals surface area contributed by atoms with Gasteiger partial charge in [0.25, 0.3) is 0 Å². The predicted octanol–water partition coefficient (Wildman–Crippen LogP) is 2.89. The molecule has 1 unspecified atom stereocenters. The van der Waals surface area contributed by atoms with E-state index >= 15 is 0 Å². The molecule has 0 heterocycles. The Balaban J connectivity index is 2.45. The number of carbonyl (C=O) groups is 1. The third-order valence-corrected chi connectivity index (χ3v) is 5.25. The average molecular weight is 463 g/mol. The molecular formula is C16H15FINO4S. The lowest BCUT2D eigenvalue weighted by atomic mass is 10.1. The Morgan fingerprint density at radius 2 is 1.71 bits per heavy atom. The summed E-state index contributed by atoms with van der Waals surface area (Å²) in [7, 11) is -3.87. The summed E-state index contributed by atoms with van der Waals surface area (Å²) in [6.45, 7) is 0. The Morgan fingerprint density at radius 3 is 2.17 bits per heavy atom. The van der Waals surface area contributed by atoms with Crippen molar-refractivity contribution in [2.45, 2.75) is 12.5 Å². The first-order chi connectivity index (χ1) is 11.2. The molecule has 8 heteroatoms. The Bertz CT molecular complexity index is 822. The fourth-order valence-corrected chi connectivity index (χ4v) is 3.80. The predicted molar refractivity (Wildman–Crippen MR) is 98.0 cm³/mol. The number of hydrogen-bond donors (Lipinski definition) is 1.